The molecular weight excluding hydrogens is 374 g/mol. The molecule has 4 rings (SSSR count). The molecule has 2 aliphatic heterocycles. The van der Waals surface area contributed by atoms with Crippen LogP contribution in [0, 0.1) is 11.3 Å². The maximum absolute atomic E-state index is 13.8. The fourth-order valence-electron chi connectivity index (χ4n) is 5.48. The molecule has 0 aromatic heterocycles. The third-order valence-electron chi connectivity index (χ3n) is 7.18. The monoisotopic (exact) mass is 411 g/mol. The number of hydrogen-bond acceptors (Lipinski definition) is 3. The van der Waals surface area contributed by atoms with E-state index >= 15 is 0 Å². The van der Waals surface area contributed by atoms with Crippen LogP contribution in [0.3, 0.4) is 0 Å². The van der Waals surface area contributed by atoms with Crippen molar-refractivity contribution in [2.75, 3.05) is 32.7 Å². The molecule has 2 fully saturated rings. The van der Waals surface area contributed by atoms with Gasteiger partial charge in [-0.2, -0.15) is 0 Å². The van der Waals surface area contributed by atoms with E-state index in [2.05, 4.69) is 34.1 Å². The summed E-state index contributed by atoms with van der Waals surface area (Å²) in [6, 6.07) is 8.50. The topological polar surface area (TPSA) is 43.9 Å². The van der Waals surface area contributed by atoms with E-state index in [1.165, 1.54) is 24.0 Å². The number of carbonyl (C=O) groups excluding carboxylic acids is 2. The summed E-state index contributed by atoms with van der Waals surface area (Å²) >= 11 is 0. The van der Waals surface area contributed by atoms with Crippen LogP contribution in [0.2, 0.25) is 0 Å². The average molecular weight is 412 g/mol. The third kappa shape index (κ3) is 4.41. The fraction of sp³-hybridized carbons (Fsp3) is 0.680. The van der Waals surface area contributed by atoms with Crippen LogP contribution in [0.25, 0.3) is 0 Å². The Hall–Kier alpha value is -1.88. The number of piperazine rings is 1. The highest BCUT2D eigenvalue weighted by molar-refractivity contribution is 5.83. The summed E-state index contributed by atoms with van der Waals surface area (Å²) in [4.78, 5) is 32.9. The van der Waals surface area contributed by atoms with E-state index in [1.54, 1.807) is 0 Å². The molecule has 30 heavy (non-hydrogen) atoms. The Balaban J connectivity index is 1.46. The van der Waals surface area contributed by atoms with Crippen molar-refractivity contribution < 1.29 is 9.59 Å². The SMILES string of the molecule is CC(C)(C)C(=O)N1CCN([C@H](C(=O)N2CCc3ccccc3C2)C2CCCC2)CC1. The second kappa shape index (κ2) is 8.70. The van der Waals surface area contributed by atoms with E-state index < -0.39 is 0 Å². The number of carbonyl (C=O) groups is 2. The van der Waals surface area contributed by atoms with Gasteiger partial charge in [-0.1, -0.05) is 57.9 Å². The molecule has 0 radical (unpaired) electrons. The Morgan fingerprint density at radius 2 is 1.53 bits per heavy atom. The maximum Gasteiger partial charge on any atom is 0.240 e. The first-order valence-electron chi connectivity index (χ1n) is 11.7. The van der Waals surface area contributed by atoms with E-state index in [9.17, 15) is 9.59 Å². The number of rotatable bonds is 3. The maximum atomic E-state index is 13.8. The van der Waals surface area contributed by atoms with Gasteiger partial charge in [0, 0.05) is 44.7 Å². The highest BCUT2D eigenvalue weighted by Crippen LogP contribution is 2.33. The number of nitrogens with zero attached hydrogens (tertiary/aromatic N) is 3. The molecule has 1 saturated heterocycles. The second-order valence-electron chi connectivity index (χ2n) is 10.3. The molecule has 2 amide bonds. The van der Waals surface area contributed by atoms with Gasteiger partial charge in [0.1, 0.15) is 0 Å². The van der Waals surface area contributed by atoms with E-state index in [-0.39, 0.29) is 17.4 Å². The lowest BCUT2D eigenvalue weighted by atomic mass is 9.92. The molecule has 0 unspecified atom stereocenters. The van der Waals surface area contributed by atoms with Crippen LogP contribution in [-0.2, 0) is 22.6 Å². The minimum atomic E-state index is -0.343. The quantitative estimate of drug-likeness (QED) is 0.766. The van der Waals surface area contributed by atoms with Crippen molar-refractivity contribution in [2.45, 2.75) is 65.5 Å². The lowest BCUT2D eigenvalue weighted by Crippen LogP contribution is -2.59. The normalized spacial score (nSPS) is 22.1. The van der Waals surface area contributed by atoms with Gasteiger partial charge in [-0.25, -0.2) is 0 Å². The standard InChI is InChI=1S/C25H37N3O2/c1-25(2,3)24(30)27-16-14-26(15-17-27)22(20-9-5-6-10-20)23(29)28-13-12-19-8-4-7-11-21(19)18-28/h4,7-8,11,20,22H,5-6,9-10,12-18H2,1-3H3/t22-/m0/s1. The summed E-state index contributed by atoms with van der Waals surface area (Å²) < 4.78 is 0. The minimum absolute atomic E-state index is 0.0235. The fourth-order valence-corrected chi connectivity index (χ4v) is 5.48. The summed E-state index contributed by atoms with van der Waals surface area (Å²) in [6.07, 6.45) is 5.73. The molecule has 1 saturated carbocycles. The summed E-state index contributed by atoms with van der Waals surface area (Å²) in [7, 11) is 0. The van der Waals surface area contributed by atoms with Gasteiger partial charge < -0.3 is 9.80 Å². The number of hydrogen-bond donors (Lipinski definition) is 0. The van der Waals surface area contributed by atoms with Crippen LogP contribution in [0.5, 0.6) is 0 Å². The molecular formula is C25H37N3O2. The zero-order valence-electron chi connectivity index (χ0n) is 18.9. The van der Waals surface area contributed by atoms with Crippen LogP contribution >= 0.6 is 0 Å². The second-order valence-corrected chi connectivity index (χ2v) is 10.3. The largest absolute Gasteiger partial charge is 0.340 e. The number of fused-ring (bicyclic) bond motifs is 1. The highest BCUT2D eigenvalue weighted by atomic mass is 16.2. The lowest BCUT2D eigenvalue weighted by molar-refractivity contribution is -0.145. The van der Waals surface area contributed by atoms with Crippen molar-refractivity contribution in [1.82, 2.24) is 14.7 Å². The van der Waals surface area contributed by atoms with Gasteiger partial charge in [-0.3, -0.25) is 14.5 Å². The molecule has 0 N–H and O–H groups in total. The third-order valence-corrected chi connectivity index (χ3v) is 7.18. The molecule has 5 heteroatoms. The molecule has 1 atom stereocenters. The Labute approximate surface area is 181 Å². The van der Waals surface area contributed by atoms with Crippen molar-refractivity contribution in [1.29, 1.82) is 0 Å². The predicted octanol–water partition coefficient (Wildman–Crippen LogP) is 3.32. The Morgan fingerprint density at radius 1 is 0.900 bits per heavy atom. The van der Waals surface area contributed by atoms with Crippen molar-refractivity contribution >= 4 is 11.8 Å². The molecule has 3 aliphatic rings. The minimum Gasteiger partial charge on any atom is -0.340 e. The Morgan fingerprint density at radius 3 is 2.17 bits per heavy atom. The zero-order chi connectivity index (χ0) is 21.3. The van der Waals surface area contributed by atoms with E-state index in [0.717, 1.165) is 58.5 Å². The van der Waals surface area contributed by atoms with Crippen LogP contribution in [0.4, 0.5) is 0 Å². The van der Waals surface area contributed by atoms with Gasteiger partial charge in [0.25, 0.3) is 0 Å². The zero-order valence-corrected chi connectivity index (χ0v) is 18.9. The molecule has 1 aliphatic carbocycles. The number of amides is 2. The van der Waals surface area contributed by atoms with Gasteiger partial charge in [-0.05, 0) is 36.3 Å². The number of benzene rings is 1. The Kier molecular flexibility index (Phi) is 6.19. The van der Waals surface area contributed by atoms with Crippen molar-refractivity contribution in [3.8, 4) is 0 Å². The summed E-state index contributed by atoms with van der Waals surface area (Å²) in [6.45, 7) is 10.6. The predicted molar refractivity (Wildman–Crippen MR) is 119 cm³/mol. The lowest BCUT2D eigenvalue weighted by Gasteiger charge is -2.44. The first-order chi connectivity index (χ1) is 14.3. The van der Waals surface area contributed by atoms with Crippen LogP contribution < -0.4 is 0 Å². The molecule has 1 aromatic rings. The van der Waals surface area contributed by atoms with Crippen LogP contribution in [-0.4, -0.2) is 65.3 Å². The Bertz CT molecular complexity index is 771. The van der Waals surface area contributed by atoms with Gasteiger partial charge in [-0.15, -0.1) is 0 Å². The van der Waals surface area contributed by atoms with Gasteiger partial charge in [0.05, 0.1) is 6.04 Å². The highest BCUT2D eigenvalue weighted by Gasteiger charge is 2.40. The van der Waals surface area contributed by atoms with Crippen LogP contribution in [0.15, 0.2) is 24.3 Å². The van der Waals surface area contributed by atoms with Crippen molar-refractivity contribution in [2.24, 2.45) is 11.3 Å². The molecule has 1 aromatic carbocycles. The van der Waals surface area contributed by atoms with Crippen molar-refractivity contribution in [3.63, 3.8) is 0 Å². The van der Waals surface area contributed by atoms with E-state index in [1.807, 2.05) is 25.7 Å². The van der Waals surface area contributed by atoms with E-state index in [0.29, 0.717) is 11.8 Å². The molecule has 164 valence electrons. The van der Waals surface area contributed by atoms with Gasteiger partial charge in [0.2, 0.25) is 11.8 Å². The molecule has 0 bridgehead atoms. The first-order valence-corrected chi connectivity index (χ1v) is 11.7. The molecule has 2 heterocycles. The first kappa shape index (κ1) is 21.4. The summed E-state index contributed by atoms with van der Waals surface area (Å²) in [5.41, 5.74) is 2.33. The molecule has 5 nitrogen and oxygen atoms in total. The molecule has 0 spiro atoms. The van der Waals surface area contributed by atoms with Crippen molar-refractivity contribution in [3.05, 3.63) is 35.4 Å². The summed E-state index contributed by atoms with van der Waals surface area (Å²) in [5.74, 6) is 0.991. The van der Waals surface area contributed by atoms with Gasteiger partial charge in [0.15, 0.2) is 0 Å². The summed E-state index contributed by atoms with van der Waals surface area (Å²) in [5, 5.41) is 0. The smallest absolute Gasteiger partial charge is 0.240 e. The average Bonchev–Trinajstić information content (AvgIpc) is 3.27. The van der Waals surface area contributed by atoms with E-state index in [4.69, 9.17) is 0 Å². The van der Waals surface area contributed by atoms with Gasteiger partial charge >= 0.3 is 0 Å². The van der Waals surface area contributed by atoms with Crippen LogP contribution in [0.1, 0.15) is 57.6 Å².